The normalized spacial score (nSPS) is 11.8. The summed E-state index contributed by atoms with van der Waals surface area (Å²) in [4.78, 5) is 4.20. The molecule has 0 amide bonds. The second-order valence-corrected chi connectivity index (χ2v) is 5.41. The summed E-state index contributed by atoms with van der Waals surface area (Å²) in [6.45, 7) is 7.37. The number of rotatable bonds is 5. The van der Waals surface area contributed by atoms with Crippen LogP contribution in [0.5, 0.6) is 0 Å². The number of aromatic nitrogens is 4. The van der Waals surface area contributed by atoms with Gasteiger partial charge in [-0.2, -0.15) is 0 Å². The molecule has 0 atom stereocenters. The Balaban J connectivity index is 1.86. The molecule has 2 N–H and O–H groups in total. The van der Waals surface area contributed by atoms with E-state index in [-0.39, 0.29) is 5.54 Å². The van der Waals surface area contributed by atoms with E-state index in [0.29, 0.717) is 25.0 Å². The number of aryl methyl sites for hydroxylation is 1. The predicted octanol–water partition coefficient (Wildman–Crippen LogP) is 1.30. The van der Waals surface area contributed by atoms with Crippen molar-refractivity contribution < 1.29 is 4.42 Å². The second-order valence-electron chi connectivity index (χ2n) is 5.41. The van der Waals surface area contributed by atoms with Gasteiger partial charge in [0.15, 0.2) is 0 Å². The van der Waals surface area contributed by atoms with Crippen LogP contribution in [0.2, 0.25) is 0 Å². The molecule has 2 rings (SSSR count). The van der Waals surface area contributed by atoms with E-state index in [1.807, 2.05) is 17.8 Å². The maximum atomic E-state index is 5.48. The fraction of sp³-hybridized carbons (Fsp3) is 0.583. The fourth-order valence-corrected chi connectivity index (χ4v) is 1.46. The molecular weight excluding hydrogens is 244 g/mol. The van der Waals surface area contributed by atoms with Gasteiger partial charge in [-0.15, -0.1) is 5.10 Å². The second kappa shape index (κ2) is 5.40. The lowest BCUT2D eigenvalue weighted by Gasteiger charge is -2.18. The summed E-state index contributed by atoms with van der Waals surface area (Å²) in [7, 11) is 1.94. The highest BCUT2D eigenvalue weighted by Crippen LogP contribution is 2.08. The zero-order chi connectivity index (χ0) is 13.9. The number of anilines is 1. The van der Waals surface area contributed by atoms with Crippen LogP contribution >= 0.6 is 0 Å². The Morgan fingerprint density at radius 3 is 2.68 bits per heavy atom. The first-order chi connectivity index (χ1) is 8.94. The molecule has 2 aromatic heterocycles. The Hall–Kier alpha value is -1.89. The van der Waals surface area contributed by atoms with Crippen LogP contribution in [-0.2, 0) is 20.1 Å². The SMILES string of the molecule is Cn1ccnc1CNc1nnc(CNC(C)(C)C)o1. The molecule has 0 radical (unpaired) electrons. The third kappa shape index (κ3) is 4.06. The maximum Gasteiger partial charge on any atom is 0.315 e. The third-order valence-electron chi connectivity index (χ3n) is 2.56. The number of hydrogen-bond acceptors (Lipinski definition) is 6. The average molecular weight is 264 g/mol. The molecule has 0 aromatic carbocycles. The third-order valence-corrected chi connectivity index (χ3v) is 2.56. The minimum Gasteiger partial charge on any atom is -0.407 e. The zero-order valence-corrected chi connectivity index (χ0v) is 11.8. The Labute approximate surface area is 112 Å². The molecule has 0 bridgehead atoms. The minimum absolute atomic E-state index is 0.0228. The Bertz CT molecular complexity index is 524. The standard InChI is InChI=1S/C12H20N6O/c1-12(2,3)15-8-10-16-17-11(19-10)14-7-9-13-5-6-18(9)4/h5-6,15H,7-8H2,1-4H3,(H,14,17). The summed E-state index contributed by atoms with van der Waals surface area (Å²) >= 11 is 0. The summed E-state index contributed by atoms with van der Waals surface area (Å²) in [5.74, 6) is 1.48. The number of nitrogens with one attached hydrogen (secondary N) is 2. The van der Waals surface area contributed by atoms with Gasteiger partial charge >= 0.3 is 6.01 Å². The van der Waals surface area contributed by atoms with Gasteiger partial charge in [-0.05, 0) is 20.8 Å². The Kier molecular flexibility index (Phi) is 3.84. The summed E-state index contributed by atoms with van der Waals surface area (Å²) in [5, 5.41) is 14.3. The van der Waals surface area contributed by atoms with Crippen molar-refractivity contribution in [2.45, 2.75) is 39.4 Å². The molecule has 2 aromatic rings. The van der Waals surface area contributed by atoms with Crippen molar-refractivity contribution in [2.75, 3.05) is 5.32 Å². The highest BCUT2D eigenvalue weighted by atomic mass is 16.4. The molecule has 104 valence electrons. The molecule has 2 heterocycles. The average Bonchev–Trinajstić information content (AvgIpc) is 2.92. The molecule has 0 spiro atoms. The van der Waals surface area contributed by atoms with Crippen molar-refractivity contribution in [3.05, 3.63) is 24.1 Å². The topological polar surface area (TPSA) is 80.8 Å². The number of hydrogen-bond donors (Lipinski definition) is 2. The predicted molar refractivity (Wildman–Crippen MR) is 71.4 cm³/mol. The lowest BCUT2D eigenvalue weighted by atomic mass is 10.1. The van der Waals surface area contributed by atoms with Crippen molar-refractivity contribution in [3.63, 3.8) is 0 Å². The highest BCUT2D eigenvalue weighted by Gasteiger charge is 2.12. The highest BCUT2D eigenvalue weighted by molar-refractivity contribution is 5.18. The molecule has 19 heavy (non-hydrogen) atoms. The monoisotopic (exact) mass is 264 g/mol. The lowest BCUT2D eigenvalue weighted by Crippen LogP contribution is -2.35. The van der Waals surface area contributed by atoms with E-state index in [1.165, 1.54) is 0 Å². The summed E-state index contributed by atoms with van der Waals surface area (Å²) in [6.07, 6.45) is 3.65. The molecule has 7 nitrogen and oxygen atoms in total. The summed E-state index contributed by atoms with van der Waals surface area (Å²) in [5.41, 5.74) is 0.0228. The molecule has 0 saturated heterocycles. The summed E-state index contributed by atoms with van der Waals surface area (Å²) in [6, 6.07) is 0.411. The van der Waals surface area contributed by atoms with E-state index < -0.39 is 0 Å². The fourth-order valence-electron chi connectivity index (χ4n) is 1.46. The van der Waals surface area contributed by atoms with Gasteiger partial charge in [-0.1, -0.05) is 5.10 Å². The lowest BCUT2D eigenvalue weighted by molar-refractivity contribution is 0.383. The number of nitrogens with zero attached hydrogens (tertiary/aromatic N) is 4. The van der Waals surface area contributed by atoms with Crippen LogP contribution in [0.15, 0.2) is 16.8 Å². The zero-order valence-electron chi connectivity index (χ0n) is 11.8. The van der Waals surface area contributed by atoms with E-state index in [9.17, 15) is 0 Å². The van der Waals surface area contributed by atoms with Crippen LogP contribution in [0.4, 0.5) is 6.01 Å². The van der Waals surface area contributed by atoms with Crippen molar-refractivity contribution >= 4 is 6.01 Å². The van der Waals surface area contributed by atoms with Gasteiger partial charge in [-0.25, -0.2) is 4.98 Å². The Morgan fingerprint density at radius 2 is 2.05 bits per heavy atom. The van der Waals surface area contributed by atoms with E-state index in [2.05, 4.69) is 46.6 Å². The molecule has 0 aliphatic heterocycles. The van der Waals surface area contributed by atoms with Crippen LogP contribution in [0.3, 0.4) is 0 Å². The van der Waals surface area contributed by atoms with E-state index in [4.69, 9.17) is 4.42 Å². The van der Waals surface area contributed by atoms with E-state index >= 15 is 0 Å². The first-order valence-electron chi connectivity index (χ1n) is 6.21. The van der Waals surface area contributed by atoms with Gasteiger partial charge in [0.05, 0.1) is 13.1 Å². The molecular formula is C12H20N6O. The first-order valence-corrected chi connectivity index (χ1v) is 6.21. The van der Waals surface area contributed by atoms with Crippen LogP contribution in [-0.4, -0.2) is 25.3 Å². The molecule has 0 saturated carbocycles. The van der Waals surface area contributed by atoms with Crippen molar-refractivity contribution in [1.29, 1.82) is 0 Å². The van der Waals surface area contributed by atoms with Crippen LogP contribution in [0.25, 0.3) is 0 Å². The van der Waals surface area contributed by atoms with Crippen molar-refractivity contribution in [3.8, 4) is 0 Å². The van der Waals surface area contributed by atoms with Gasteiger partial charge in [0.2, 0.25) is 5.89 Å². The molecule has 0 unspecified atom stereocenters. The van der Waals surface area contributed by atoms with Crippen LogP contribution in [0.1, 0.15) is 32.5 Å². The Morgan fingerprint density at radius 1 is 1.26 bits per heavy atom. The van der Waals surface area contributed by atoms with Gasteiger partial charge in [0.1, 0.15) is 5.82 Å². The smallest absolute Gasteiger partial charge is 0.315 e. The van der Waals surface area contributed by atoms with Crippen LogP contribution < -0.4 is 10.6 Å². The van der Waals surface area contributed by atoms with Gasteiger partial charge in [0, 0.05) is 25.0 Å². The van der Waals surface area contributed by atoms with Gasteiger partial charge in [-0.3, -0.25) is 0 Å². The minimum atomic E-state index is 0.0228. The van der Waals surface area contributed by atoms with Crippen molar-refractivity contribution in [1.82, 2.24) is 25.1 Å². The van der Waals surface area contributed by atoms with Gasteiger partial charge in [0.25, 0.3) is 0 Å². The number of imidazole rings is 1. The van der Waals surface area contributed by atoms with Crippen molar-refractivity contribution in [2.24, 2.45) is 7.05 Å². The van der Waals surface area contributed by atoms with E-state index in [0.717, 1.165) is 5.82 Å². The molecule has 7 heteroatoms. The quantitative estimate of drug-likeness (QED) is 0.847. The largest absolute Gasteiger partial charge is 0.407 e. The molecule has 0 aliphatic rings. The van der Waals surface area contributed by atoms with E-state index in [1.54, 1.807) is 6.20 Å². The first kappa shape index (κ1) is 13.5. The molecule has 0 fully saturated rings. The summed E-state index contributed by atoms with van der Waals surface area (Å²) < 4.78 is 7.42. The maximum absolute atomic E-state index is 5.48. The van der Waals surface area contributed by atoms with Crippen LogP contribution in [0, 0.1) is 0 Å². The van der Waals surface area contributed by atoms with Gasteiger partial charge < -0.3 is 19.6 Å². The molecule has 0 aliphatic carbocycles.